The number of imidazole rings is 1. The molecule has 1 spiro atoms. The lowest BCUT2D eigenvalue weighted by molar-refractivity contribution is -0.0562. The van der Waals surface area contributed by atoms with Gasteiger partial charge in [-0.25, -0.2) is 4.98 Å². The average Bonchev–Trinajstić information content (AvgIpc) is 3.25. The summed E-state index contributed by atoms with van der Waals surface area (Å²) in [6.45, 7) is 8.41. The molecule has 2 aliphatic rings. The van der Waals surface area contributed by atoms with Crippen molar-refractivity contribution in [3.8, 4) is 0 Å². The van der Waals surface area contributed by atoms with Crippen LogP contribution in [0.1, 0.15) is 16.2 Å². The summed E-state index contributed by atoms with van der Waals surface area (Å²) in [5, 5.41) is 0. The smallest absolute Gasteiger partial charge is 0.104 e. The monoisotopic (exact) mass is 347 g/mol. The fourth-order valence-electron chi connectivity index (χ4n) is 3.87. The molecule has 2 fully saturated rings. The predicted molar refractivity (Wildman–Crippen MR) is 94.2 cm³/mol. The van der Waals surface area contributed by atoms with Crippen LogP contribution in [0.3, 0.4) is 0 Å². The number of aryl methyl sites for hydroxylation is 1. The summed E-state index contributed by atoms with van der Waals surface area (Å²) in [4.78, 5) is 9.44. The first-order valence-corrected chi connectivity index (χ1v) is 9.48. The van der Waals surface area contributed by atoms with Crippen LogP contribution in [-0.4, -0.2) is 53.0 Å². The number of rotatable bonds is 4. The van der Waals surface area contributed by atoms with Crippen LogP contribution in [0.4, 0.5) is 0 Å². The zero-order valence-corrected chi connectivity index (χ0v) is 15.0. The first-order valence-electron chi connectivity index (χ1n) is 8.66. The lowest BCUT2D eigenvalue weighted by atomic mass is 9.94. The van der Waals surface area contributed by atoms with Gasteiger partial charge in [0.05, 0.1) is 26.1 Å². The molecule has 0 N–H and O–H groups in total. The van der Waals surface area contributed by atoms with Gasteiger partial charge in [0.15, 0.2) is 0 Å². The molecule has 6 heteroatoms. The summed E-state index contributed by atoms with van der Waals surface area (Å²) in [6.07, 6.45) is 6.82. The molecule has 0 saturated carbocycles. The van der Waals surface area contributed by atoms with E-state index in [2.05, 4.69) is 33.5 Å². The van der Waals surface area contributed by atoms with Gasteiger partial charge in [-0.3, -0.25) is 4.90 Å². The van der Waals surface area contributed by atoms with Crippen LogP contribution in [-0.2, 0) is 22.6 Å². The van der Waals surface area contributed by atoms with Crippen molar-refractivity contribution in [1.29, 1.82) is 0 Å². The Bertz CT molecular complexity index is 657. The van der Waals surface area contributed by atoms with Crippen LogP contribution in [0.5, 0.6) is 0 Å². The van der Waals surface area contributed by atoms with E-state index in [1.165, 1.54) is 9.75 Å². The highest BCUT2D eigenvalue weighted by Crippen LogP contribution is 2.34. The first-order chi connectivity index (χ1) is 11.7. The molecule has 0 aromatic carbocycles. The highest BCUT2D eigenvalue weighted by atomic mass is 32.1. The molecule has 130 valence electrons. The molecule has 2 aromatic rings. The van der Waals surface area contributed by atoms with E-state index in [0.29, 0.717) is 12.5 Å². The molecule has 4 rings (SSSR count). The largest absolute Gasteiger partial charge is 0.377 e. The van der Waals surface area contributed by atoms with Gasteiger partial charge in [0.2, 0.25) is 0 Å². The minimum absolute atomic E-state index is 0.145. The molecule has 4 heterocycles. The standard InChI is InChI=1S/C18H25N3O2S/c1-15-2-3-17(24-15)10-20-6-7-22-13-18(12-20)8-16(11-23-18)9-21-5-4-19-14-21/h2-5,14,16H,6-13H2,1H3/t16-,18-/m0/s1. The Morgan fingerprint density at radius 2 is 2.38 bits per heavy atom. The summed E-state index contributed by atoms with van der Waals surface area (Å²) in [5.41, 5.74) is -0.145. The van der Waals surface area contributed by atoms with Gasteiger partial charge in [-0.2, -0.15) is 0 Å². The van der Waals surface area contributed by atoms with Gasteiger partial charge in [0.1, 0.15) is 5.60 Å². The second-order valence-electron chi connectivity index (χ2n) is 7.10. The Kier molecular flexibility index (Phi) is 4.72. The molecular weight excluding hydrogens is 322 g/mol. The SMILES string of the molecule is Cc1ccc(CN2CCOC[C@]3(C[C@@H](Cn4ccnc4)CO3)C2)s1. The molecule has 0 aliphatic carbocycles. The minimum Gasteiger partial charge on any atom is -0.377 e. The third-order valence-corrected chi connectivity index (χ3v) is 5.90. The van der Waals surface area contributed by atoms with E-state index >= 15 is 0 Å². The van der Waals surface area contributed by atoms with Crippen molar-refractivity contribution in [3.63, 3.8) is 0 Å². The van der Waals surface area contributed by atoms with E-state index in [1.807, 2.05) is 30.1 Å². The van der Waals surface area contributed by atoms with Crippen molar-refractivity contribution in [2.24, 2.45) is 5.92 Å². The van der Waals surface area contributed by atoms with Crippen molar-refractivity contribution in [2.75, 3.05) is 32.9 Å². The number of hydrogen-bond acceptors (Lipinski definition) is 5. The van der Waals surface area contributed by atoms with Gasteiger partial charge in [0, 0.05) is 54.2 Å². The molecule has 2 atom stereocenters. The van der Waals surface area contributed by atoms with Crippen LogP contribution >= 0.6 is 11.3 Å². The first kappa shape index (κ1) is 16.3. The van der Waals surface area contributed by atoms with Crippen LogP contribution in [0.2, 0.25) is 0 Å². The molecule has 24 heavy (non-hydrogen) atoms. The predicted octanol–water partition coefficient (Wildman–Crippen LogP) is 2.56. The Balaban J connectivity index is 1.40. The third kappa shape index (κ3) is 3.72. The summed E-state index contributed by atoms with van der Waals surface area (Å²) < 4.78 is 14.4. The number of aromatic nitrogens is 2. The van der Waals surface area contributed by atoms with Gasteiger partial charge >= 0.3 is 0 Å². The molecule has 2 aliphatic heterocycles. The number of thiophene rings is 1. The average molecular weight is 347 g/mol. The van der Waals surface area contributed by atoms with Gasteiger partial charge in [0.25, 0.3) is 0 Å². The zero-order chi connectivity index (χ0) is 16.4. The fraction of sp³-hybridized carbons (Fsp3) is 0.611. The number of hydrogen-bond donors (Lipinski definition) is 0. The number of nitrogens with zero attached hydrogens (tertiary/aromatic N) is 3. The van der Waals surface area contributed by atoms with E-state index in [1.54, 1.807) is 0 Å². The fourth-order valence-corrected chi connectivity index (χ4v) is 4.80. The molecule has 2 saturated heterocycles. The van der Waals surface area contributed by atoms with Crippen LogP contribution < -0.4 is 0 Å². The Morgan fingerprint density at radius 1 is 1.42 bits per heavy atom. The van der Waals surface area contributed by atoms with E-state index in [4.69, 9.17) is 9.47 Å². The van der Waals surface area contributed by atoms with Crippen molar-refractivity contribution in [1.82, 2.24) is 14.5 Å². The Morgan fingerprint density at radius 3 is 3.17 bits per heavy atom. The third-order valence-electron chi connectivity index (χ3n) is 4.92. The highest BCUT2D eigenvalue weighted by Gasteiger charge is 2.43. The summed E-state index contributed by atoms with van der Waals surface area (Å²) >= 11 is 1.89. The van der Waals surface area contributed by atoms with Gasteiger partial charge in [-0.1, -0.05) is 0 Å². The molecule has 0 unspecified atom stereocenters. The Labute approximate surface area is 147 Å². The summed E-state index contributed by atoms with van der Waals surface area (Å²) in [7, 11) is 0. The zero-order valence-electron chi connectivity index (χ0n) is 14.2. The van der Waals surface area contributed by atoms with E-state index in [9.17, 15) is 0 Å². The molecular formula is C18H25N3O2S. The second-order valence-corrected chi connectivity index (χ2v) is 8.47. The van der Waals surface area contributed by atoms with E-state index in [-0.39, 0.29) is 5.60 Å². The second kappa shape index (κ2) is 6.96. The molecule has 0 amide bonds. The summed E-state index contributed by atoms with van der Waals surface area (Å²) in [6, 6.07) is 4.45. The van der Waals surface area contributed by atoms with Gasteiger partial charge < -0.3 is 14.0 Å². The van der Waals surface area contributed by atoms with Crippen molar-refractivity contribution in [2.45, 2.75) is 32.0 Å². The summed E-state index contributed by atoms with van der Waals surface area (Å²) in [5.74, 6) is 0.534. The van der Waals surface area contributed by atoms with Crippen molar-refractivity contribution in [3.05, 3.63) is 40.6 Å². The van der Waals surface area contributed by atoms with Crippen LogP contribution in [0.15, 0.2) is 30.9 Å². The quantitative estimate of drug-likeness (QED) is 0.852. The van der Waals surface area contributed by atoms with Gasteiger partial charge in [-0.15, -0.1) is 11.3 Å². The lowest BCUT2D eigenvalue weighted by Gasteiger charge is -2.31. The normalized spacial score (nSPS) is 28.5. The van der Waals surface area contributed by atoms with Crippen molar-refractivity contribution < 1.29 is 9.47 Å². The highest BCUT2D eigenvalue weighted by molar-refractivity contribution is 7.11. The molecule has 2 aromatic heterocycles. The lowest BCUT2D eigenvalue weighted by Crippen LogP contribution is -2.43. The van der Waals surface area contributed by atoms with E-state index < -0.39 is 0 Å². The molecule has 0 radical (unpaired) electrons. The molecule has 5 nitrogen and oxygen atoms in total. The van der Waals surface area contributed by atoms with Crippen LogP contribution in [0, 0.1) is 12.8 Å². The van der Waals surface area contributed by atoms with Crippen LogP contribution in [0.25, 0.3) is 0 Å². The van der Waals surface area contributed by atoms with E-state index in [0.717, 1.165) is 45.8 Å². The number of ether oxygens (including phenoxy) is 2. The Hall–Kier alpha value is -1.21. The maximum Gasteiger partial charge on any atom is 0.104 e. The maximum absolute atomic E-state index is 6.30. The maximum atomic E-state index is 6.30. The van der Waals surface area contributed by atoms with Crippen molar-refractivity contribution >= 4 is 11.3 Å². The topological polar surface area (TPSA) is 39.5 Å². The molecule has 0 bridgehead atoms. The van der Waals surface area contributed by atoms with Gasteiger partial charge in [-0.05, 0) is 25.5 Å². The minimum atomic E-state index is -0.145.